The minimum atomic E-state index is -4.44. The lowest BCUT2D eigenvalue weighted by atomic mass is 10.2. The van der Waals surface area contributed by atoms with E-state index in [-0.39, 0.29) is 13.2 Å². The van der Waals surface area contributed by atoms with Crippen LogP contribution in [-0.4, -0.2) is 36.7 Å². The summed E-state index contributed by atoms with van der Waals surface area (Å²) in [6, 6.07) is 9.57. The average Bonchev–Trinajstić information content (AvgIpc) is 2.73. The Morgan fingerprint density at radius 3 is 2.30 bits per heavy atom. The van der Waals surface area contributed by atoms with Crippen LogP contribution in [0.25, 0.3) is 0 Å². The van der Waals surface area contributed by atoms with E-state index in [0.29, 0.717) is 6.61 Å². The highest BCUT2D eigenvalue weighted by molar-refractivity contribution is 7.95. The van der Waals surface area contributed by atoms with Gasteiger partial charge in [-0.25, -0.2) is 0 Å². The molecule has 2 rings (SSSR count). The molecule has 0 radical (unpaired) electrons. The Balaban J connectivity index is 1.80. The van der Waals surface area contributed by atoms with Crippen molar-refractivity contribution in [1.29, 1.82) is 0 Å². The zero-order valence-electron chi connectivity index (χ0n) is 12.8. The summed E-state index contributed by atoms with van der Waals surface area (Å²) in [4.78, 5) is 0. The second-order valence-electron chi connectivity index (χ2n) is 5.53. The van der Waals surface area contributed by atoms with Crippen molar-refractivity contribution in [2.24, 2.45) is 0 Å². The van der Waals surface area contributed by atoms with Gasteiger partial charge in [-0.2, -0.15) is 13.2 Å². The first kappa shape index (κ1) is 18.5. The van der Waals surface area contributed by atoms with Crippen LogP contribution in [-0.2, 0) is 25.0 Å². The van der Waals surface area contributed by atoms with E-state index in [1.807, 2.05) is 30.3 Å². The van der Waals surface area contributed by atoms with Gasteiger partial charge in [-0.05, 0) is 19.4 Å². The van der Waals surface area contributed by atoms with E-state index in [4.69, 9.17) is 14.2 Å². The Morgan fingerprint density at radius 1 is 1.09 bits per heavy atom. The molecule has 2 unspecified atom stereocenters. The average molecular weight is 352 g/mol. The van der Waals surface area contributed by atoms with E-state index in [1.165, 1.54) is 0 Å². The quantitative estimate of drug-likeness (QED) is 0.696. The van der Waals surface area contributed by atoms with Crippen LogP contribution in [0.5, 0.6) is 0 Å². The van der Waals surface area contributed by atoms with Crippen molar-refractivity contribution in [3.8, 4) is 0 Å². The zero-order chi connectivity index (χ0) is 16.9. The van der Waals surface area contributed by atoms with Gasteiger partial charge in [-0.1, -0.05) is 30.3 Å². The Morgan fingerprint density at radius 2 is 1.70 bits per heavy atom. The summed E-state index contributed by atoms with van der Waals surface area (Å²) < 4.78 is 57.8. The summed E-state index contributed by atoms with van der Waals surface area (Å²) in [5.74, 6) is -0.877. The Labute approximate surface area is 137 Å². The van der Waals surface area contributed by atoms with Crippen molar-refractivity contribution in [3.05, 3.63) is 35.9 Å². The number of alkyl halides is 3. The van der Waals surface area contributed by atoms with Crippen molar-refractivity contribution in [3.63, 3.8) is 0 Å². The number of benzene rings is 1. The molecule has 0 aromatic heterocycles. The maximum Gasteiger partial charge on any atom is 0.467 e. The highest BCUT2D eigenvalue weighted by Gasteiger charge is 2.42. The molecule has 1 aromatic rings. The van der Waals surface area contributed by atoms with Gasteiger partial charge < -0.3 is 18.4 Å². The topological polar surface area (TPSA) is 36.9 Å². The van der Waals surface area contributed by atoms with Crippen LogP contribution in [0.1, 0.15) is 19.4 Å². The third-order valence-corrected chi connectivity index (χ3v) is 3.51. The zero-order valence-corrected chi connectivity index (χ0v) is 13.7. The van der Waals surface area contributed by atoms with Crippen LogP contribution < -0.4 is 0 Å². The number of hydrogen-bond donors (Lipinski definition) is 0. The first-order valence-corrected chi connectivity index (χ1v) is 7.84. The van der Waals surface area contributed by atoms with E-state index >= 15 is 0 Å². The van der Waals surface area contributed by atoms with Crippen LogP contribution in [0.15, 0.2) is 30.3 Å². The van der Waals surface area contributed by atoms with Gasteiger partial charge in [0.1, 0.15) is 24.3 Å². The summed E-state index contributed by atoms with van der Waals surface area (Å²) in [7, 11) is 0. The summed E-state index contributed by atoms with van der Waals surface area (Å²) in [5, 5.41) is 0. The molecular formula is C15H19F3O4S. The molecular weight excluding hydrogens is 333 g/mol. The molecule has 1 saturated heterocycles. The molecule has 0 aliphatic carbocycles. The standard InChI is InChI=1S/C15H19F3O4S/c1-14(2)21-12(9-19-8-11-6-4-3-5-7-11)13(22-14)10-20-23-15(16,17)18/h3-7,12-13H,8-10H2,1-2H3. The SMILES string of the molecule is CC1(C)OC(COCc2ccccc2)C(COSC(F)(F)F)O1. The number of halogens is 3. The summed E-state index contributed by atoms with van der Waals surface area (Å²) >= 11 is -0.533. The molecule has 0 saturated carbocycles. The van der Waals surface area contributed by atoms with Crippen LogP contribution in [0.3, 0.4) is 0 Å². The molecule has 1 aliphatic rings. The molecule has 0 bridgehead atoms. The summed E-state index contributed by atoms with van der Waals surface area (Å²) in [5.41, 5.74) is -3.43. The fourth-order valence-electron chi connectivity index (χ4n) is 2.23. The lowest BCUT2D eigenvalue weighted by molar-refractivity contribution is -0.152. The van der Waals surface area contributed by atoms with Gasteiger partial charge in [0.05, 0.1) is 19.8 Å². The van der Waals surface area contributed by atoms with Gasteiger partial charge in [0.15, 0.2) is 5.79 Å². The maximum atomic E-state index is 12.1. The fraction of sp³-hybridized carbons (Fsp3) is 0.600. The van der Waals surface area contributed by atoms with E-state index in [1.54, 1.807) is 13.8 Å². The van der Waals surface area contributed by atoms with Gasteiger partial charge >= 0.3 is 5.51 Å². The van der Waals surface area contributed by atoms with Crippen LogP contribution in [0.4, 0.5) is 13.2 Å². The molecule has 0 N–H and O–H groups in total. The Hall–Kier alpha value is -0.800. The molecule has 8 heteroatoms. The van der Waals surface area contributed by atoms with Crippen molar-refractivity contribution in [1.82, 2.24) is 0 Å². The van der Waals surface area contributed by atoms with Crippen molar-refractivity contribution in [2.45, 2.75) is 44.0 Å². The van der Waals surface area contributed by atoms with E-state index in [0.717, 1.165) is 5.56 Å². The Bertz CT molecular complexity index is 481. The molecule has 130 valence electrons. The van der Waals surface area contributed by atoms with Crippen molar-refractivity contribution < 1.29 is 31.6 Å². The molecule has 4 nitrogen and oxygen atoms in total. The molecule has 2 atom stereocenters. The van der Waals surface area contributed by atoms with Crippen LogP contribution in [0.2, 0.25) is 0 Å². The predicted molar refractivity (Wildman–Crippen MR) is 79.5 cm³/mol. The molecule has 23 heavy (non-hydrogen) atoms. The number of ether oxygens (including phenoxy) is 3. The minimum Gasteiger partial charge on any atom is -0.374 e. The second kappa shape index (κ2) is 7.85. The molecule has 1 aromatic carbocycles. The highest BCUT2D eigenvalue weighted by atomic mass is 32.2. The first-order valence-electron chi connectivity index (χ1n) is 7.10. The Kier molecular flexibility index (Phi) is 6.33. The molecule has 0 amide bonds. The number of rotatable bonds is 7. The van der Waals surface area contributed by atoms with E-state index in [2.05, 4.69) is 4.18 Å². The van der Waals surface area contributed by atoms with Gasteiger partial charge in [0, 0.05) is 0 Å². The maximum absolute atomic E-state index is 12.1. The minimum absolute atomic E-state index is 0.211. The highest BCUT2D eigenvalue weighted by Crippen LogP contribution is 2.33. The lowest BCUT2D eigenvalue weighted by Crippen LogP contribution is -2.31. The van der Waals surface area contributed by atoms with Crippen molar-refractivity contribution >= 4 is 12.0 Å². The number of hydrogen-bond acceptors (Lipinski definition) is 5. The third kappa shape index (κ3) is 6.68. The summed E-state index contributed by atoms with van der Waals surface area (Å²) in [6.45, 7) is 3.78. The molecule has 1 heterocycles. The smallest absolute Gasteiger partial charge is 0.374 e. The van der Waals surface area contributed by atoms with Gasteiger partial charge in [0.25, 0.3) is 0 Å². The van der Waals surface area contributed by atoms with Crippen LogP contribution in [0, 0.1) is 0 Å². The second-order valence-corrected chi connectivity index (χ2v) is 6.39. The van der Waals surface area contributed by atoms with Crippen molar-refractivity contribution in [2.75, 3.05) is 13.2 Å². The van der Waals surface area contributed by atoms with Gasteiger partial charge in [-0.3, -0.25) is 0 Å². The fourth-order valence-corrected chi connectivity index (χ4v) is 2.56. The first-order chi connectivity index (χ1) is 10.8. The third-order valence-electron chi connectivity index (χ3n) is 3.06. The van der Waals surface area contributed by atoms with E-state index in [9.17, 15) is 13.2 Å². The van der Waals surface area contributed by atoms with Gasteiger partial charge in [0.2, 0.25) is 0 Å². The lowest BCUT2D eigenvalue weighted by Gasteiger charge is -2.17. The molecule has 0 spiro atoms. The normalized spacial score (nSPS) is 24.0. The molecule has 1 aliphatic heterocycles. The summed E-state index contributed by atoms with van der Waals surface area (Å²) in [6.07, 6.45) is -1.10. The monoisotopic (exact) mass is 352 g/mol. The molecule has 1 fully saturated rings. The predicted octanol–water partition coefficient (Wildman–Crippen LogP) is 3.91. The van der Waals surface area contributed by atoms with Crippen LogP contribution >= 0.6 is 12.0 Å². The van der Waals surface area contributed by atoms with E-state index < -0.39 is 35.5 Å². The largest absolute Gasteiger partial charge is 0.467 e. The van der Waals surface area contributed by atoms with Gasteiger partial charge in [-0.15, -0.1) is 0 Å².